The first-order chi connectivity index (χ1) is 12.5. The molecule has 0 saturated carbocycles. The van der Waals surface area contributed by atoms with Gasteiger partial charge in [0.1, 0.15) is 5.56 Å². The molecule has 0 radical (unpaired) electrons. The molecule has 140 valence electrons. The monoisotopic (exact) mass is 356 g/mol. The Bertz CT molecular complexity index is 793. The van der Waals surface area contributed by atoms with Crippen LogP contribution in [0.5, 0.6) is 11.5 Å². The number of carboxylic acids is 1. The summed E-state index contributed by atoms with van der Waals surface area (Å²) in [5.74, 6) is -2.24. The quantitative estimate of drug-likeness (QED) is 0.559. The molecule has 0 bridgehead atoms. The highest BCUT2D eigenvalue weighted by molar-refractivity contribution is 6.00. The van der Waals surface area contributed by atoms with E-state index in [1.165, 1.54) is 17.2 Å². The van der Waals surface area contributed by atoms with Gasteiger partial charge >= 0.3 is 5.97 Å². The Hall–Kier alpha value is -2.49. The summed E-state index contributed by atoms with van der Waals surface area (Å²) in [5.41, 5.74) is 4.83. The summed E-state index contributed by atoms with van der Waals surface area (Å²) >= 11 is 0. The van der Waals surface area contributed by atoms with Crippen LogP contribution in [0.4, 0.5) is 0 Å². The predicted octanol–water partition coefficient (Wildman–Crippen LogP) is 5.32. The summed E-state index contributed by atoms with van der Waals surface area (Å²) in [6.07, 6.45) is 5.82. The Morgan fingerprint density at radius 1 is 0.808 bits per heavy atom. The number of phenols is 2. The second-order valence-corrected chi connectivity index (χ2v) is 6.64. The molecule has 0 amide bonds. The predicted molar refractivity (Wildman–Crippen MR) is 104 cm³/mol. The topological polar surface area (TPSA) is 77.8 Å². The van der Waals surface area contributed by atoms with Crippen LogP contribution in [0.15, 0.2) is 24.3 Å². The van der Waals surface area contributed by atoms with E-state index in [-0.39, 0.29) is 5.56 Å². The van der Waals surface area contributed by atoms with E-state index in [9.17, 15) is 20.1 Å². The van der Waals surface area contributed by atoms with Gasteiger partial charge in [-0.25, -0.2) is 4.79 Å². The highest BCUT2D eigenvalue weighted by atomic mass is 16.4. The molecular weight excluding hydrogens is 328 g/mol. The normalized spacial score (nSPS) is 10.9. The fourth-order valence-electron chi connectivity index (χ4n) is 3.62. The van der Waals surface area contributed by atoms with E-state index in [4.69, 9.17) is 0 Å². The van der Waals surface area contributed by atoms with Gasteiger partial charge in [0.25, 0.3) is 0 Å². The number of aromatic hydroxyl groups is 2. The molecule has 2 aromatic carbocycles. The van der Waals surface area contributed by atoms with E-state index in [0.717, 1.165) is 49.7 Å². The number of aryl methyl sites for hydroxylation is 1. The van der Waals surface area contributed by atoms with Crippen molar-refractivity contribution in [3.8, 4) is 22.6 Å². The maximum absolute atomic E-state index is 11.7. The number of hydrogen-bond acceptors (Lipinski definition) is 3. The smallest absolute Gasteiger partial charge is 0.340 e. The van der Waals surface area contributed by atoms with Crippen LogP contribution >= 0.6 is 0 Å². The van der Waals surface area contributed by atoms with Gasteiger partial charge in [-0.1, -0.05) is 52.2 Å². The van der Waals surface area contributed by atoms with Gasteiger partial charge < -0.3 is 15.3 Å². The molecule has 26 heavy (non-hydrogen) atoms. The highest BCUT2D eigenvalue weighted by Gasteiger charge is 2.23. The first kappa shape index (κ1) is 19.8. The molecule has 4 nitrogen and oxygen atoms in total. The van der Waals surface area contributed by atoms with Gasteiger partial charge in [0, 0.05) is 5.56 Å². The lowest BCUT2D eigenvalue weighted by Gasteiger charge is -2.20. The number of benzene rings is 2. The van der Waals surface area contributed by atoms with Crippen LogP contribution in [0, 0.1) is 0 Å². The molecule has 3 N–H and O–H groups in total. The van der Waals surface area contributed by atoms with Crippen molar-refractivity contribution in [2.24, 2.45) is 0 Å². The zero-order chi connectivity index (χ0) is 19.3. The Morgan fingerprint density at radius 2 is 1.38 bits per heavy atom. The average molecular weight is 356 g/mol. The van der Waals surface area contributed by atoms with E-state index in [1.807, 2.05) is 6.07 Å². The molecule has 2 rings (SSSR count). The van der Waals surface area contributed by atoms with Gasteiger partial charge in [0.2, 0.25) is 0 Å². The molecule has 0 aliphatic rings. The van der Waals surface area contributed by atoms with E-state index in [0.29, 0.717) is 5.56 Å². The summed E-state index contributed by atoms with van der Waals surface area (Å²) < 4.78 is 0. The Morgan fingerprint density at radius 3 is 1.96 bits per heavy atom. The molecule has 2 aromatic rings. The largest absolute Gasteiger partial charge is 0.504 e. The van der Waals surface area contributed by atoms with E-state index in [2.05, 4.69) is 26.8 Å². The van der Waals surface area contributed by atoms with Gasteiger partial charge in [-0.2, -0.15) is 0 Å². The molecule has 0 spiro atoms. The third-order valence-corrected chi connectivity index (χ3v) is 4.71. The minimum absolute atomic E-state index is 0.243. The number of carboxylic acid groups (broad SMARTS) is 1. The summed E-state index contributed by atoms with van der Waals surface area (Å²) in [4.78, 5) is 11.7. The van der Waals surface area contributed by atoms with Crippen LogP contribution in [0.3, 0.4) is 0 Å². The van der Waals surface area contributed by atoms with E-state index >= 15 is 0 Å². The highest BCUT2D eigenvalue weighted by Crippen LogP contribution is 2.39. The average Bonchev–Trinajstić information content (AvgIpc) is 2.60. The molecule has 0 heterocycles. The first-order valence-corrected chi connectivity index (χ1v) is 9.38. The van der Waals surface area contributed by atoms with Crippen molar-refractivity contribution >= 4 is 5.97 Å². The fraction of sp³-hybridized carbons (Fsp3) is 0.409. The summed E-state index contributed by atoms with van der Waals surface area (Å²) in [5, 5.41) is 29.4. The summed E-state index contributed by atoms with van der Waals surface area (Å²) in [7, 11) is 0. The Kier molecular flexibility index (Phi) is 6.67. The first-order valence-electron chi connectivity index (χ1n) is 9.38. The van der Waals surface area contributed by atoms with Crippen LogP contribution in [0.25, 0.3) is 11.1 Å². The lowest BCUT2D eigenvalue weighted by molar-refractivity contribution is 0.0694. The third-order valence-electron chi connectivity index (χ3n) is 4.71. The van der Waals surface area contributed by atoms with Crippen LogP contribution in [-0.2, 0) is 19.3 Å². The van der Waals surface area contributed by atoms with Crippen LogP contribution in [0.1, 0.15) is 67.1 Å². The van der Waals surface area contributed by atoms with E-state index < -0.39 is 17.5 Å². The number of hydrogen-bond donors (Lipinski definition) is 3. The molecule has 0 saturated heterocycles. The lowest BCUT2D eigenvalue weighted by atomic mass is 9.85. The minimum Gasteiger partial charge on any atom is -0.504 e. The molecule has 0 fully saturated rings. The van der Waals surface area contributed by atoms with Gasteiger partial charge in [-0.15, -0.1) is 0 Å². The standard InChI is InChI=1S/C22H28O4/c1-4-7-14-10-11-17(16(9-6-3)15(14)8-5-2)18-12-13-19(23)21(24)20(18)22(25)26/h10-13,23-24H,4-9H2,1-3H3,(H,25,26). The van der Waals surface area contributed by atoms with Gasteiger partial charge in [-0.3, -0.25) is 0 Å². The number of aromatic carboxylic acids is 1. The zero-order valence-corrected chi connectivity index (χ0v) is 15.8. The van der Waals surface area contributed by atoms with Crippen molar-refractivity contribution in [1.82, 2.24) is 0 Å². The molecule has 0 unspecified atom stereocenters. The molecule has 0 aliphatic heterocycles. The SMILES string of the molecule is CCCc1ccc(-c2ccc(O)c(O)c2C(=O)O)c(CCC)c1CCC. The maximum Gasteiger partial charge on any atom is 0.340 e. The van der Waals surface area contributed by atoms with Crippen molar-refractivity contribution in [1.29, 1.82) is 0 Å². The number of rotatable bonds is 8. The van der Waals surface area contributed by atoms with Crippen molar-refractivity contribution < 1.29 is 20.1 Å². The van der Waals surface area contributed by atoms with Crippen LogP contribution in [-0.4, -0.2) is 21.3 Å². The van der Waals surface area contributed by atoms with Gasteiger partial charge in [0.05, 0.1) is 0 Å². The minimum atomic E-state index is -1.24. The van der Waals surface area contributed by atoms with Gasteiger partial charge in [0.15, 0.2) is 11.5 Å². The fourth-order valence-corrected chi connectivity index (χ4v) is 3.62. The third kappa shape index (κ3) is 3.85. The molecule has 0 aliphatic carbocycles. The Balaban J connectivity index is 2.80. The summed E-state index contributed by atoms with van der Waals surface area (Å²) in [6.45, 7) is 6.41. The molecule has 0 aromatic heterocycles. The van der Waals surface area contributed by atoms with Crippen LogP contribution in [0.2, 0.25) is 0 Å². The lowest BCUT2D eigenvalue weighted by Crippen LogP contribution is -2.06. The van der Waals surface area contributed by atoms with Crippen molar-refractivity contribution in [3.05, 3.63) is 46.5 Å². The molecule has 0 atom stereocenters. The second kappa shape index (κ2) is 8.75. The zero-order valence-electron chi connectivity index (χ0n) is 15.8. The van der Waals surface area contributed by atoms with Crippen molar-refractivity contribution in [2.45, 2.75) is 59.3 Å². The van der Waals surface area contributed by atoms with Crippen molar-refractivity contribution in [3.63, 3.8) is 0 Å². The molecular formula is C22H28O4. The molecule has 4 heteroatoms. The number of phenolic OH excluding ortho intramolecular Hbond substituents is 1. The van der Waals surface area contributed by atoms with Crippen LogP contribution < -0.4 is 0 Å². The summed E-state index contributed by atoms with van der Waals surface area (Å²) in [6, 6.07) is 6.99. The Labute approximate surface area is 155 Å². The number of carbonyl (C=O) groups is 1. The van der Waals surface area contributed by atoms with Crippen molar-refractivity contribution in [2.75, 3.05) is 0 Å². The van der Waals surface area contributed by atoms with Gasteiger partial charge in [-0.05, 0) is 53.6 Å². The van der Waals surface area contributed by atoms with E-state index in [1.54, 1.807) is 6.07 Å². The second-order valence-electron chi connectivity index (χ2n) is 6.64. The maximum atomic E-state index is 11.7.